The quantitative estimate of drug-likeness (QED) is 0.440. The summed E-state index contributed by atoms with van der Waals surface area (Å²) in [6, 6.07) is 16.0. The Hall–Kier alpha value is -2.99. The number of guanidine groups is 1. The molecule has 152 valence electrons. The molecule has 6 nitrogen and oxygen atoms in total. The predicted molar refractivity (Wildman–Crippen MR) is 118 cm³/mol. The van der Waals surface area contributed by atoms with E-state index in [9.17, 15) is 0 Å². The summed E-state index contributed by atoms with van der Waals surface area (Å²) in [5.74, 6) is 1.52. The zero-order valence-electron chi connectivity index (χ0n) is 16.7. The van der Waals surface area contributed by atoms with Gasteiger partial charge >= 0.3 is 0 Å². The summed E-state index contributed by atoms with van der Waals surface area (Å²) in [6.45, 7) is 2.15. The third-order valence-corrected chi connectivity index (χ3v) is 4.98. The summed E-state index contributed by atoms with van der Waals surface area (Å²) in [6.07, 6.45) is 4.55. The van der Waals surface area contributed by atoms with Crippen LogP contribution in [-0.4, -0.2) is 36.4 Å². The van der Waals surface area contributed by atoms with Gasteiger partial charge in [0.25, 0.3) is 0 Å². The highest BCUT2D eigenvalue weighted by molar-refractivity contribution is 6.31. The molecule has 0 aliphatic heterocycles. The van der Waals surface area contributed by atoms with E-state index in [4.69, 9.17) is 16.3 Å². The van der Waals surface area contributed by atoms with E-state index in [1.807, 2.05) is 47.3 Å². The van der Waals surface area contributed by atoms with Crippen LogP contribution in [0.5, 0.6) is 5.75 Å². The summed E-state index contributed by atoms with van der Waals surface area (Å²) < 4.78 is 7.11. The van der Waals surface area contributed by atoms with Gasteiger partial charge in [0, 0.05) is 37.6 Å². The van der Waals surface area contributed by atoms with E-state index in [2.05, 4.69) is 32.9 Å². The molecule has 3 rings (SSSR count). The molecule has 0 bridgehead atoms. The molecule has 0 saturated carbocycles. The number of rotatable bonds is 8. The molecule has 7 heteroatoms. The fraction of sp³-hybridized carbons (Fsp3) is 0.273. The van der Waals surface area contributed by atoms with E-state index >= 15 is 0 Å². The zero-order valence-corrected chi connectivity index (χ0v) is 17.5. The van der Waals surface area contributed by atoms with Crippen molar-refractivity contribution in [3.05, 3.63) is 82.6 Å². The van der Waals surface area contributed by atoms with Crippen molar-refractivity contribution in [3.8, 4) is 5.75 Å². The molecule has 2 aromatic carbocycles. The van der Waals surface area contributed by atoms with Crippen molar-refractivity contribution in [1.29, 1.82) is 0 Å². The Morgan fingerprint density at radius 1 is 1.10 bits per heavy atom. The Kier molecular flexibility index (Phi) is 7.53. The van der Waals surface area contributed by atoms with Gasteiger partial charge in [0.1, 0.15) is 5.75 Å². The molecule has 0 aliphatic carbocycles. The van der Waals surface area contributed by atoms with Crippen molar-refractivity contribution >= 4 is 17.6 Å². The number of hydrogen-bond acceptors (Lipinski definition) is 3. The van der Waals surface area contributed by atoms with Gasteiger partial charge in [0.2, 0.25) is 0 Å². The summed E-state index contributed by atoms with van der Waals surface area (Å²) in [5, 5.41) is 11.7. The molecule has 0 atom stereocenters. The van der Waals surface area contributed by atoms with Crippen molar-refractivity contribution in [3.63, 3.8) is 0 Å². The Morgan fingerprint density at radius 2 is 1.93 bits per heavy atom. The van der Waals surface area contributed by atoms with Gasteiger partial charge in [-0.15, -0.1) is 0 Å². The highest BCUT2D eigenvalue weighted by Gasteiger charge is 2.06. The van der Waals surface area contributed by atoms with Gasteiger partial charge in [-0.3, -0.25) is 9.67 Å². The lowest BCUT2D eigenvalue weighted by Gasteiger charge is -2.15. The number of aliphatic imine (C=N–C) groups is 1. The number of ether oxygens (including phenoxy) is 1. The molecule has 0 spiro atoms. The maximum Gasteiger partial charge on any atom is 0.191 e. The highest BCUT2D eigenvalue weighted by atomic mass is 35.5. The first-order valence-electron chi connectivity index (χ1n) is 9.50. The lowest BCUT2D eigenvalue weighted by molar-refractivity contribution is 0.414. The van der Waals surface area contributed by atoms with Crippen LogP contribution in [0.2, 0.25) is 5.02 Å². The smallest absolute Gasteiger partial charge is 0.191 e. The van der Waals surface area contributed by atoms with Crippen LogP contribution < -0.4 is 15.4 Å². The molecular formula is C22H26ClN5O. The van der Waals surface area contributed by atoms with Crippen LogP contribution in [0.25, 0.3) is 0 Å². The van der Waals surface area contributed by atoms with Gasteiger partial charge < -0.3 is 15.4 Å². The molecule has 2 N–H and O–H groups in total. The van der Waals surface area contributed by atoms with E-state index < -0.39 is 0 Å². The van der Waals surface area contributed by atoms with E-state index in [1.165, 1.54) is 11.1 Å². The van der Waals surface area contributed by atoms with Gasteiger partial charge in [-0.2, -0.15) is 5.10 Å². The second-order valence-corrected chi connectivity index (χ2v) is 6.94. The second kappa shape index (κ2) is 10.5. The Balaban J connectivity index is 1.52. The first-order valence-corrected chi connectivity index (χ1v) is 9.88. The molecule has 29 heavy (non-hydrogen) atoms. The number of hydrogen-bond donors (Lipinski definition) is 2. The minimum Gasteiger partial charge on any atom is -0.497 e. The molecule has 0 aliphatic rings. The lowest BCUT2D eigenvalue weighted by Crippen LogP contribution is -2.38. The SMILES string of the molecule is CN=C(NCCc1ccc(OC)cc1Cl)NCc1ccccc1Cn1cccn1. The zero-order chi connectivity index (χ0) is 20.5. The van der Waals surface area contributed by atoms with Crippen LogP contribution in [-0.2, 0) is 19.5 Å². The number of nitrogens with zero attached hydrogens (tertiary/aromatic N) is 3. The van der Waals surface area contributed by atoms with E-state index in [-0.39, 0.29) is 0 Å². The van der Waals surface area contributed by atoms with E-state index in [0.29, 0.717) is 11.6 Å². The first kappa shape index (κ1) is 20.7. The molecule has 0 amide bonds. The maximum absolute atomic E-state index is 6.31. The van der Waals surface area contributed by atoms with Gasteiger partial charge in [-0.25, -0.2) is 0 Å². The van der Waals surface area contributed by atoms with Crippen LogP contribution >= 0.6 is 11.6 Å². The number of aromatic nitrogens is 2. The van der Waals surface area contributed by atoms with Crippen molar-refractivity contribution < 1.29 is 4.74 Å². The Bertz CT molecular complexity index is 940. The summed E-state index contributed by atoms with van der Waals surface area (Å²) in [7, 11) is 3.40. The molecule has 0 unspecified atom stereocenters. The number of nitrogens with one attached hydrogen (secondary N) is 2. The highest BCUT2D eigenvalue weighted by Crippen LogP contribution is 2.22. The molecule has 1 heterocycles. The van der Waals surface area contributed by atoms with E-state index in [1.54, 1.807) is 20.4 Å². The van der Waals surface area contributed by atoms with Gasteiger partial charge in [0.15, 0.2) is 5.96 Å². The second-order valence-electron chi connectivity index (χ2n) is 6.53. The predicted octanol–water partition coefficient (Wildman–Crippen LogP) is 3.50. The molecule has 3 aromatic rings. The van der Waals surface area contributed by atoms with Gasteiger partial charge in [-0.05, 0) is 41.3 Å². The molecular weight excluding hydrogens is 386 g/mol. The Labute approximate surface area is 176 Å². The summed E-state index contributed by atoms with van der Waals surface area (Å²) >= 11 is 6.31. The molecule has 0 radical (unpaired) electrons. The monoisotopic (exact) mass is 411 g/mol. The molecule has 1 aromatic heterocycles. The van der Waals surface area contributed by atoms with Crippen molar-refractivity contribution in [1.82, 2.24) is 20.4 Å². The minimum absolute atomic E-state index is 0.681. The molecule has 0 saturated heterocycles. The maximum atomic E-state index is 6.31. The Morgan fingerprint density at radius 3 is 2.62 bits per heavy atom. The van der Waals surface area contributed by atoms with E-state index in [0.717, 1.165) is 36.8 Å². The van der Waals surface area contributed by atoms with Crippen molar-refractivity contribution in [2.75, 3.05) is 20.7 Å². The van der Waals surface area contributed by atoms with Gasteiger partial charge in [-0.1, -0.05) is 41.9 Å². The molecule has 0 fully saturated rings. The summed E-state index contributed by atoms with van der Waals surface area (Å²) in [5.41, 5.74) is 3.51. The average Bonchev–Trinajstić information content (AvgIpc) is 3.25. The topological polar surface area (TPSA) is 63.5 Å². The normalized spacial score (nSPS) is 11.3. The largest absolute Gasteiger partial charge is 0.497 e. The van der Waals surface area contributed by atoms with Crippen LogP contribution in [0.3, 0.4) is 0 Å². The lowest BCUT2D eigenvalue weighted by atomic mass is 10.1. The number of halogens is 1. The van der Waals surface area contributed by atoms with Crippen molar-refractivity contribution in [2.24, 2.45) is 4.99 Å². The number of benzene rings is 2. The minimum atomic E-state index is 0.681. The van der Waals surface area contributed by atoms with Crippen LogP contribution in [0.15, 0.2) is 65.9 Å². The number of methoxy groups -OCH3 is 1. The average molecular weight is 412 g/mol. The van der Waals surface area contributed by atoms with Gasteiger partial charge in [0.05, 0.1) is 13.7 Å². The van der Waals surface area contributed by atoms with Crippen LogP contribution in [0.4, 0.5) is 0 Å². The van der Waals surface area contributed by atoms with Crippen molar-refractivity contribution in [2.45, 2.75) is 19.5 Å². The van der Waals surface area contributed by atoms with Crippen LogP contribution in [0, 0.1) is 0 Å². The third-order valence-electron chi connectivity index (χ3n) is 4.63. The standard InChI is InChI=1S/C22H26ClN5O/c1-24-22(25-12-10-17-8-9-20(29-2)14-21(17)23)26-15-18-6-3-4-7-19(18)16-28-13-5-11-27-28/h3-9,11,13-14H,10,12,15-16H2,1-2H3,(H2,24,25,26). The fourth-order valence-electron chi connectivity index (χ4n) is 3.03. The third kappa shape index (κ3) is 5.99. The summed E-state index contributed by atoms with van der Waals surface area (Å²) in [4.78, 5) is 4.31. The first-order chi connectivity index (χ1) is 14.2. The van der Waals surface area contributed by atoms with Crippen LogP contribution in [0.1, 0.15) is 16.7 Å². The fourth-order valence-corrected chi connectivity index (χ4v) is 3.29.